The van der Waals surface area contributed by atoms with E-state index in [1.807, 2.05) is 18.2 Å². The van der Waals surface area contributed by atoms with Crippen LogP contribution >= 0.6 is 0 Å². The Hall–Kier alpha value is -3.40. The van der Waals surface area contributed by atoms with Crippen molar-refractivity contribution in [1.82, 2.24) is 10.6 Å². The van der Waals surface area contributed by atoms with E-state index in [2.05, 4.69) is 10.6 Å². The zero-order valence-electron chi connectivity index (χ0n) is 18.6. The average Bonchev–Trinajstić information content (AvgIpc) is 2.79. The van der Waals surface area contributed by atoms with E-state index < -0.39 is 39.8 Å². The van der Waals surface area contributed by atoms with Crippen molar-refractivity contribution in [1.29, 1.82) is 0 Å². The number of nitrogens with one attached hydrogen (secondary N) is 2. The van der Waals surface area contributed by atoms with E-state index in [0.29, 0.717) is 0 Å². The molecule has 2 atom stereocenters. The molecule has 0 heterocycles. The van der Waals surface area contributed by atoms with E-state index in [4.69, 9.17) is 10.5 Å². The third-order valence-corrected chi connectivity index (χ3v) is 6.64. The van der Waals surface area contributed by atoms with Gasteiger partial charge in [-0.3, -0.25) is 9.59 Å². The molecule has 0 aliphatic rings. The molecule has 0 aliphatic heterocycles. The Balaban J connectivity index is 1.97. The minimum atomic E-state index is -3.66. The number of alkyl carbamates (subject to hydrolysis) is 1. The summed E-state index contributed by atoms with van der Waals surface area (Å²) in [6, 6.07) is 14.6. The summed E-state index contributed by atoms with van der Waals surface area (Å²) >= 11 is 0. The molecule has 0 radical (unpaired) electrons. The number of sulfone groups is 1. The first kappa shape index (κ1) is 25.9. The third-order valence-electron chi connectivity index (χ3n) is 4.87. The first-order valence-corrected chi connectivity index (χ1v) is 12.1. The summed E-state index contributed by atoms with van der Waals surface area (Å²) < 4.78 is 30.1. The fraction of sp³-hybridized carbons (Fsp3) is 0.348. The number of hydrogen-bond acceptors (Lipinski definition) is 6. The van der Waals surface area contributed by atoms with Crippen LogP contribution in [0.2, 0.25) is 0 Å². The molecule has 9 nitrogen and oxygen atoms in total. The normalized spacial score (nSPS) is 13.1. The molecule has 0 bridgehead atoms. The Morgan fingerprint density at radius 3 is 2.06 bits per heavy atom. The lowest BCUT2D eigenvalue weighted by atomic mass is 10.0. The number of ether oxygens (including phenoxy) is 1. The summed E-state index contributed by atoms with van der Waals surface area (Å²) in [5, 5.41) is 4.94. The number of benzene rings is 2. The Labute approximate surface area is 193 Å². The standard InChI is InChI=1S/C23H29N3O6S/c1-16(2)20(26-23(29)32-15-17-9-5-3-6-10-17)22(28)25-19(21(24)27)13-14-33(30,31)18-11-7-4-8-12-18/h3-12,16,19-20H,13-15H2,1-2H3,(H2,24,27)(H,25,28)(H,26,29)/t19-,20+/m1/s1. The maximum Gasteiger partial charge on any atom is 0.408 e. The Kier molecular flexibility index (Phi) is 9.41. The van der Waals surface area contributed by atoms with Gasteiger partial charge in [-0.2, -0.15) is 0 Å². The fourth-order valence-corrected chi connectivity index (χ4v) is 4.35. The zero-order valence-corrected chi connectivity index (χ0v) is 19.4. The molecule has 0 fully saturated rings. The summed E-state index contributed by atoms with van der Waals surface area (Å²) in [4.78, 5) is 36.9. The van der Waals surface area contributed by atoms with Gasteiger partial charge in [-0.05, 0) is 30.0 Å². The minimum Gasteiger partial charge on any atom is -0.445 e. The zero-order chi connectivity index (χ0) is 24.4. The predicted molar refractivity (Wildman–Crippen MR) is 123 cm³/mol. The van der Waals surface area contributed by atoms with Gasteiger partial charge in [-0.15, -0.1) is 0 Å². The van der Waals surface area contributed by atoms with Gasteiger partial charge in [-0.1, -0.05) is 62.4 Å². The van der Waals surface area contributed by atoms with Crippen LogP contribution < -0.4 is 16.4 Å². The fourth-order valence-electron chi connectivity index (χ4n) is 2.99. The molecule has 2 rings (SSSR count). The van der Waals surface area contributed by atoms with Gasteiger partial charge in [0.15, 0.2) is 9.84 Å². The molecular weight excluding hydrogens is 446 g/mol. The van der Waals surface area contributed by atoms with Crippen molar-refractivity contribution >= 4 is 27.7 Å². The highest BCUT2D eigenvalue weighted by Crippen LogP contribution is 2.13. The molecule has 0 aromatic heterocycles. The summed E-state index contributed by atoms with van der Waals surface area (Å²) in [5.41, 5.74) is 6.17. The maximum absolute atomic E-state index is 12.8. The van der Waals surface area contributed by atoms with Crippen molar-refractivity contribution in [2.45, 2.75) is 43.9 Å². The van der Waals surface area contributed by atoms with Crippen LogP contribution in [0.4, 0.5) is 4.79 Å². The van der Waals surface area contributed by atoms with Gasteiger partial charge < -0.3 is 21.1 Å². The second-order valence-electron chi connectivity index (χ2n) is 7.81. The molecule has 0 saturated heterocycles. The first-order valence-electron chi connectivity index (χ1n) is 10.4. The summed E-state index contributed by atoms with van der Waals surface area (Å²) in [5.74, 6) is -2.26. The highest BCUT2D eigenvalue weighted by molar-refractivity contribution is 7.91. The van der Waals surface area contributed by atoms with Crippen LogP contribution in [-0.4, -0.2) is 44.2 Å². The minimum absolute atomic E-state index is 0.0281. The number of carbonyl (C=O) groups excluding carboxylic acids is 3. The Morgan fingerprint density at radius 1 is 0.939 bits per heavy atom. The van der Waals surface area contributed by atoms with Crippen molar-refractivity contribution in [3.8, 4) is 0 Å². The maximum atomic E-state index is 12.8. The van der Waals surface area contributed by atoms with Crippen LogP contribution in [0.15, 0.2) is 65.6 Å². The lowest BCUT2D eigenvalue weighted by Crippen LogP contribution is -2.55. The second-order valence-corrected chi connectivity index (χ2v) is 9.92. The summed E-state index contributed by atoms with van der Waals surface area (Å²) in [6.45, 7) is 3.45. The van der Waals surface area contributed by atoms with E-state index >= 15 is 0 Å². The van der Waals surface area contributed by atoms with E-state index in [-0.39, 0.29) is 29.6 Å². The summed E-state index contributed by atoms with van der Waals surface area (Å²) in [7, 11) is -3.66. The smallest absolute Gasteiger partial charge is 0.408 e. The monoisotopic (exact) mass is 475 g/mol. The number of rotatable bonds is 11. The van der Waals surface area contributed by atoms with Crippen molar-refractivity contribution in [2.75, 3.05) is 5.75 Å². The predicted octanol–water partition coefficient (Wildman–Crippen LogP) is 1.77. The van der Waals surface area contributed by atoms with Crippen LogP contribution in [0.1, 0.15) is 25.8 Å². The van der Waals surface area contributed by atoms with Crippen molar-refractivity contribution in [3.63, 3.8) is 0 Å². The topological polar surface area (TPSA) is 145 Å². The molecular formula is C23H29N3O6S. The highest BCUT2D eigenvalue weighted by Gasteiger charge is 2.29. The number of amides is 3. The SMILES string of the molecule is CC(C)[C@H](NC(=O)OCc1ccccc1)C(=O)N[C@H](CCS(=O)(=O)c1ccccc1)C(N)=O. The second kappa shape index (κ2) is 12.0. The molecule has 178 valence electrons. The molecule has 0 aliphatic carbocycles. The molecule has 4 N–H and O–H groups in total. The van der Waals surface area contributed by atoms with Gasteiger partial charge in [-0.25, -0.2) is 13.2 Å². The first-order chi connectivity index (χ1) is 15.6. The van der Waals surface area contributed by atoms with Gasteiger partial charge in [0, 0.05) is 0 Å². The van der Waals surface area contributed by atoms with Gasteiger partial charge >= 0.3 is 6.09 Å². The summed E-state index contributed by atoms with van der Waals surface area (Å²) in [6.07, 6.45) is -1.00. The van der Waals surface area contributed by atoms with Crippen LogP contribution in [0.3, 0.4) is 0 Å². The molecule has 0 saturated carbocycles. The lowest BCUT2D eigenvalue weighted by Gasteiger charge is -2.24. The Bertz CT molecular complexity index is 1040. The average molecular weight is 476 g/mol. The van der Waals surface area contributed by atoms with Crippen molar-refractivity contribution in [2.24, 2.45) is 11.7 Å². The Morgan fingerprint density at radius 2 is 1.52 bits per heavy atom. The van der Waals surface area contributed by atoms with E-state index in [1.165, 1.54) is 12.1 Å². The van der Waals surface area contributed by atoms with Crippen molar-refractivity contribution < 1.29 is 27.5 Å². The molecule has 33 heavy (non-hydrogen) atoms. The molecule has 2 aromatic rings. The van der Waals surface area contributed by atoms with Crippen LogP contribution in [0, 0.1) is 5.92 Å². The number of primary amides is 1. The molecule has 0 spiro atoms. The third kappa shape index (κ3) is 8.23. The lowest BCUT2D eigenvalue weighted by molar-refractivity contribution is -0.129. The number of hydrogen-bond donors (Lipinski definition) is 3. The molecule has 10 heteroatoms. The number of carbonyl (C=O) groups is 3. The van der Waals surface area contributed by atoms with E-state index in [9.17, 15) is 22.8 Å². The van der Waals surface area contributed by atoms with Crippen LogP contribution in [-0.2, 0) is 30.8 Å². The molecule has 0 unspecified atom stereocenters. The quantitative estimate of drug-likeness (QED) is 0.452. The van der Waals surface area contributed by atoms with Crippen LogP contribution in [0.25, 0.3) is 0 Å². The molecule has 2 aromatic carbocycles. The van der Waals surface area contributed by atoms with Gasteiger partial charge in [0.05, 0.1) is 10.6 Å². The van der Waals surface area contributed by atoms with Gasteiger partial charge in [0.2, 0.25) is 11.8 Å². The van der Waals surface area contributed by atoms with E-state index in [1.54, 1.807) is 44.2 Å². The van der Waals surface area contributed by atoms with Crippen molar-refractivity contribution in [3.05, 3.63) is 66.2 Å². The van der Waals surface area contributed by atoms with Gasteiger partial charge in [0.1, 0.15) is 18.7 Å². The van der Waals surface area contributed by atoms with E-state index in [0.717, 1.165) is 5.56 Å². The van der Waals surface area contributed by atoms with Crippen LogP contribution in [0.5, 0.6) is 0 Å². The largest absolute Gasteiger partial charge is 0.445 e. The van der Waals surface area contributed by atoms with Gasteiger partial charge in [0.25, 0.3) is 0 Å². The molecule has 3 amide bonds. The number of nitrogens with two attached hydrogens (primary N) is 1. The highest BCUT2D eigenvalue weighted by atomic mass is 32.2.